The zero-order valence-electron chi connectivity index (χ0n) is 11.1. The maximum atomic E-state index is 12.1. The van der Waals surface area contributed by atoms with Crippen LogP contribution in [0.3, 0.4) is 0 Å². The number of carbonyl (C=O) groups excluding carboxylic acids is 1. The van der Waals surface area contributed by atoms with Crippen molar-refractivity contribution in [3.8, 4) is 5.75 Å². The zero-order chi connectivity index (χ0) is 14.3. The number of ether oxygens (including phenoxy) is 1. The Labute approximate surface area is 112 Å². The minimum Gasteiger partial charge on any atom is -0.496 e. The molecule has 104 valence electrons. The molecule has 0 saturated carbocycles. The molecule has 0 aliphatic carbocycles. The van der Waals surface area contributed by atoms with Gasteiger partial charge in [0.2, 0.25) is 0 Å². The average Bonchev–Trinajstić information content (AvgIpc) is 2.45. The number of para-hydroxylation sites is 1. The number of benzene rings is 1. The average molecular weight is 265 g/mol. The Morgan fingerprint density at radius 2 is 2.21 bits per heavy atom. The van der Waals surface area contributed by atoms with Gasteiger partial charge in [-0.25, -0.2) is 0 Å². The normalized spacial score (nSPS) is 12.8. The third-order valence-corrected chi connectivity index (χ3v) is 2.76. The molecule has 0 aliphatic rings. The van der Waals surface area contributed by atoms with Crippen molar-refractivity contribution in [2.24, 2.45) is 10.9 Å². The van der Waals surface area contributed by atoms with Crippen LogP contribution in [0.25, 0.3) is 0 Å². The van der Waals surface area contributed by atoms with Crippen molar-refractivity contribution in [3.63, 3.8) is 0 Å². The SMILES string of the molecule is CCC(CC(N)=NO)NC(=O)c1ccccc1OC. The molecule has 6 nitrogen and oxygen atoms in total. The molecule has 1 aromatic rings. The number of nitrogens with one attached hydrogen (secondary N) is 1. The molecule has 6 heteroatoms. The van der Waals surface area contributed by atoms with E-state index < -0.39 is 0 Å². The summed E-state index contributed by atoms with van der Waals surface area (Å²) in [5.41, 5.74) is 5.90. The number of amides is 1. The Hall–Kier alpha value is -2.24. The largest absolute Gasteiger partial charge is 0.496 e. The number of rotatable bonds is 6. The summed E-state index contributed by atoms with van der Waals surface area (Å²) in [7, 11) is 1.51. The molecular formula is C13H19N3O3. The van der Waals surface area contributed by atoms with Gasteiger partial charge in [0.05, 0.1) is 12.7 Å². The van der Waals surface area contributed by atoms with E-state index in [-0.39, 0.29) is 17.8 Å². The molecule has 1 unspecified atom stereocenters. The fourth-order valence-corrected chi connectivity index (χ4v) is 1.69. The van der Waals surface area contributed by atoms with E-state index in [1.165, 1.54) is 7.11 Å². The summed E-state index contributed by atoms with van der Waals surface area (Å²) in [5, 5.41) is 14.3. The highest BCUT2D eigenvalue weighted by Gasteiger charge is 2.16. The Morgan fingerprint density at radius 3 is 2.79 bits per heavy atom. The third kappa shape index (κ3) is 4.17. The topological polar surface area (TPSA) is 96.9 Å². The van der Waals surface area contributed by atoms with Crippen LogP contribution in [0.15, 0.2) is 29.4 Å². The van der Waals surface area contributed by atoms with Gasteiger partial charge in [-0.3, -0.25) is 4.79 Å². The number of nitrogens with two attached hydrogens (primary N) is 1. The lowest BCUT2D eigenvalue weighted by atomic mass is 10.1. The van der Waals surface area contributed by atoms with E-state index >= 15 is 0 Å². The zero-order valence-corrected chi connectivity index (χ0v) is 11.1. The maximum Gasteiger partial charge on any atom is 0.255 e. The van der Waals surface area contributed by atoms with Gasteiger partial charge in [-0.15, -0.1) is 0 Å². The second-order valence-corrected chi connectivity index (χ2v) is 4.07. The third-order valence-electron chi connectivity index (χ3n) is 2.76. The van der Waals surface area contributed by atoms with Gasteiger partial charge in [0, 0.05) is 12.5 Å². The molecule has 4 N–H and O–H groups in total. The summed E-state index contributed by atoms with van der Waals surface area (Å²) in [6.07, 6.45) is 0.977. The molecule has 0 fully saturated rings. The van der Waals surface area contributed by atoms with Crippen molar-refractivity contribution >= 4 is 11.7 Å². The summed E-state index contributed by atoms with van der Waals surface area (Å²) >= 11 is 0. The van der Waals surface area contributed by atoms with Crippen LogP contribution >= 0.6 is 0 Å². The first-order chi connectivity index (χ1) is 9.12. The first kappa shape index (κ1) is 14.8. The van der Waals surface area contributed by atoms with Crippen LogP contribution < -0.4 is 15.8 Å². The fourth-order valence-electron chi connectivity index (χ4n) is 1.69. The lowest BCUT2D eigenvalue weighted by molar-refractivity contribution is 0.0934. The molecule has 19 heavy (non-hydrogen) atoms. The molecule has 0 radical (unpaired) electrons. The Morgan fingerprint density at radius 1 is 1.53 bits per heavy atom. The number of carbonyl (C=O) groups is 1. The monoisotopic (exact) mass is 265 g/mol. The molecule has 1 atom stereocenters. The van der Waals surface area contributed by atoms with E-state index in [0.29, 0.717) is 24.2 Å². The van der Waals surface area contributed by atoms with E-state index in [0.717, 1.165) is 0 Å². The summed E-state index contributed by atoms with van der Waals surface area (Å²) < 4.78 is 5.13. The van der Waals surface area contributed by atoms with Gasteiger partial charge in [-0.2, -0.15) is 0 Å². The van der Waals surface area contributed by atoms with Gasteiger partial charge in [0.25, 0.3) is 5.91 Å². The number of oxime groups is 1. The molecule has 0 aliphatic heterocycles. The van der Waals surface area contributed by atoms with Crippen LogP contribution in [0.1, 0.15) is 30.1 Å². The minimum absolute atomic E-state index is 0.0900. The van der Waals surface area contributed by atoms with Crippen LogP contribution in [0.2, 0.25) is 0 Å². The van der Waals surface area contributed by atoms with E-state index in [2.05, 4.69) is 10.5 Å². The number of hydrogen-bond donors (Lipinski definition) is 3. The van der Waals surface area contributed by atoms with E-state index in [4.69, 9.17) is 15.7 Å². The predicted molar refractivity (Wildman–Crippen MR) is 72.6 cm³/mol. The maximum absolute atomic E-state index is 12.1. The Kier molecular flexibility index (Phi) is 5.66. The Bertz CT molecular complexity index is 460. The van der Waals surface area contributed by atoms with Gasteiger partial charge >= 0.3 is 0 Å². The Balaban J connectivity index is 2.77. The molecule has 0 heterocycles. The van der Waals surface area contributed by atoms with Crippen LogP contribution in [-0.4, -0.2) is 30.1 Å². The molecule has 0 aromatic heterocycles. The highest BCUT2D eigenvalue weighted by Crippen LogP contribution is 2.17. The van der Waals surface area contributed by atoms with Crippen molar-refractivity contribution in [1.82, 2.24) is 5.32 Å². The summed E-state index contributed by atoms with van der Waals surface area (Å²) in [6.45, 7) is 1.91. The van der Waals surface area contributed by atoms with Crippen molar-refractivity contribution in [2.75, 3.05) is 7.11 Å². The predicted octanol–water partition coefficient (Wildman–Crippen LogP) is 1.34. The van der Waals surface area contributed by atoms with Gasteiger partial charge < -0.3 is 21.0 Å². The second-order valence-electron chi connectivity index (χ2n) is 4.07. The van der Waals surface area contributed by atoms with Gasteiger partial charge in [-0.1, -0.05) is 24.2 Å². The van der Waals surface area contributed by atoms with E-state index in [1.807, 2.05) is 6.92 Å². The highest BCUT2D eigenvalue weighted by atomic mass is 16.5. The quantitative estimate of drug-likeness (QED) is 0.313. The number of methoxy groups -OCH3 is 1. The smallest absolute Gasteiger partial charge is 0.255 e. The van der Waals surface area contributed by atoms with Crippen LogP contribution in [0, 0.1) is 0 Å². The summed E-state index contributed by atoms with van der Waals surface area (Å²) in [5.74, 6) is 0.362. The van der Waals surface area contributed by atoms with E-state index in [1.54, 1.807) is 24.3 Å². The van der Waals surface area contributed by atoms with Crippen molar-refractivity contribution < 1.29 is 14.7 Å². The molecular weight excluding hydrogens is 246 g/mol. The first-order valence-electron chi connectivity index (χ1n) is 6.02. The first-order valence-corrected chi connectivity index (χ1v) is 6.02. The van der Waals surface area contributed by atoms with Crippen LogP contribution in [0.4, 0.5) is 0 Å². The van der Waals surface area contributed by atoms with Crippen molar-refractivity contribution in [2.45, 2.75) is 25.8 Å². The van der Waals surface area contributed by atoms with Gasteiger partial charge in [-0.05, 0) is 18.6 Å². The standard InChI is InChI=1S/C13H19N3O3/c1-3-9(8-12(14)16-18)15-13(17)10-6-4-5-7-11(10)19-2/h4-7,9,18H,3,8H2,1-2H3,(H2,14,16)(H,15,17). The minimum atomic E-state index is -0.241. The number of hydrogen-bond acceptors (Lipinski definition) is 4. The van der Waals surface area contributed by atoms with Crippen LogP contribution in [0.5, 0.6) is 5.75 Å². The lowest BCUT2D eigenvalue weighted by Crippen LogP contribution is -2.37. The molecule has 0 spiro atoms. The van der Waals surface area contributed by atoms with Crippen molar-refractivity contribution in [1.29, 1.82) is 0 Å². The van der Waals surface area contributed by atoms with Gasteiger partial charge in [0.15, 0.2) is 0 Å². The van der Waals surface area contributed by atoms with Crippen LogP contribution in [-0.2, 0) is 0 Å². The molecule has 0 saturated heterocycles. The fraction of sp³-hybridized carbons (Fsp3) is 0.385. The molecule has 1 amide bonds. The molecule has 1 rings (SSSR count). The van der Waals surface area contributed by atoms with E-state index in [9.17, 15) is 4.79 Å². The molecule has 1 aromatic carbocycles. The second kappa shape index (κ2) is 7.25. The number of amidine groups is 1. The summed E-state index contributed by atoms with van der Waals surface area (Å²) in [4.78, 5) is 12.1. The lowest BCUT2D eigenvalue weighted by Gasteiger charge is -2.17. The highest BCUT2D eigenvalue weighted by molar-refractivity contribution is 5.97. The molecule has 0 bridgehead atoms. The number of nitrogens with zero attached hydrogens (tertiary/aromatic N) is 1. The van der Waals surface area contributed by atoms with Crippen molar-refractivity contribution in [3.05, 3.63) is 29.8 Å². The van der Waals surface area contributed by atoms with Gasteiger partial charge in [0.1, 0.15) is 11.6 Å². The summed E-state index contributed by atoms with van der Waals surface area (Å²) in [6, 6.07) is 6.78.